The molecule has 1 amide bonds. The molecule has 3 aromatic rings. The quantitative estimate of drug-likeness (QED) is 0.551. The number of carbonyl (C=O) groups excluding carboxylic acids is 1. The lowest BCUT2D eigenvalue weighted by Crippen LogP contribution is -2.39. The molecule has 9 nitrogen and oxygen atoms in total. The normalized spacial score (nSPS) is 15.2. The van der Waals surface area contributed by atoms with Crippen molar-refractivity contribution in [2.75, 3.05) is 13.1 Å². The molecule has 0 bridgehead atoms. The minimum Gasteiger partial charge on any atom is -0.404 e. The first-order valence-electron chi connectivity index (χ1n) is 9.64. The van der Waals surface area contributed by atoms with Gasteiger partial charge in [0.2, 0.25) is 17.6 Å². The number of benzene rings is 1. The first-order valence-corrected chi connectivity index (χ1v) is 10.0. The summed E-state index contributed by atoms with van der Waals surface area (Å²) < 4.78 is 51.5. The number of aromatic nitrogens is 4. The molecule has 1 aliphatic rings. The second-order valence-electron chi connectivity index (χ2n) is 7.28. The number of piperidine rings is 1. The maximum absolute atomic E-state index is 12.5. The zero-order chi connectivity index (χ0) is 22.9. The molecular formula is C19H17ClF3N5O4. The molecule has 1 aliphatic heterocycles. The molecule has 3 heterocycles. The number of amides is 1. The maximum atomic E-state index is 12.5. The zero-order valence-corrected chi connectivity index (χ0v) is 17.5. The largest absolute Gasteiger partial charge is 0.573 e. The van der Waals surface area contributed by atoms with E-state index in [1.54, 1.807) is 11.8 Å². The van der Waals surface area contributed by atoms with E-state index in [9.17, 15) is 18.0 Å². The Morgan fingerprint density at radius 3 is 2.66 bits per heavy atom. The Hall–Kier alpha value is -3.15. The summed E-state index contributed by atoms with van der Waals surface area (Å²) in [6, 6.07) is 3.85. The molecule has 0 radical (unpaired) electrons. The molecule has 13 heteroatoms. The molecule has 4 rings (SSSR count). The van der Waals surface area contributed by atoms with Crippen molar-refractivity contribution >= 4 is 17.5 Å². The Bertz CT molecular complexity index is 1110. The van der Waals surface area contributed by atoms with Crippen molar-refractivity contribution in [2.24, 2.45) is 0 Å². The number of hydrogen-bond donors (Lipinski definition) is 0. The molecule has 1 saturated heterocycles. The van der Waals surface area contributed by atoms with Gasteiger partial charge in [0, 0.05) is 24.6 Å². The van der Waals surface area contributed by atoms with Crippen LogP contribution < -0.4 is 4.74 Å². The highest BCUT2D eigenvalue weighted by molar-refractivity contribution is 6.32. The molecule has 0 unspecified atom stereocenters. The van der Waals surface area contributed by atoms with Crippen LogP contribution in [0.15, 0.2) is 27.4 Å². The minimum absolute atomic E-state index is 0.0750. The van der Waals surface area contributed by atoms with E-state index in [4.69, 9.17) is 16.1 Å². The first kappa shape index (κ1) is 22.1. The minimum atomic E-state index is -4.88. The number of carbonyl (C=O) groups is 1. The van der Waals surface area contributed by atoms with Crippen LogP contribution in [0.5, 0.6) is 5.75 Å². The summed E-state index contributed by atoms with van der Waals surface area (Å²) in [4.78, 5) is 18.5. The fourth-order valence-electron chi connectivity index (χ4n) is 3.40. The lowest BCUT2D eigenvalue weighted by molar-refractivity contribution is -0.274. The van der Waals surface area contributed by atoms with Crippen LogP contribution in [0, 0.1) is 6.92 Å². The Balaban J connectivity index is 1.39. The zero-order valence-electron chi connectivity index (χ0n) is 16.7. The average molecular weight is 472 g/mol. The lowest BCUT2D eigenvalue weighted by Gasteiger charge is -2.30. The van der Waals surface area contributed by atoms with Crippen molar-refractivity contribution in [3.63, 3.8) is 0 Å². The highest BCUT2D eigenvalue weighted by Crippen LogP contribution is 2.34. The molecule has 1 fully saturated rings. The molecule has 2 aromatic heterocycles. The number of nitrogens with zero attached hydrogens (tertiary/aromatic N) is 5. The summed E-state index contributed by atoms with van der Waals surface area (Å²) in [7, 11) is 0. The van der Waals surface area contributed by atoms with Crippen LogP contribution in [0.2, 0.25) is 5.02 Å². The van der Waals surface area contributed by atoms with Gasteiger partial charge in [0.05, 0.1) is 11.4 Å². The van der Waals surface area contributed by atoms with Gasteiger partial charge in [-0.1, -0.05) is 27.1 Å². The molecule has 0 N–H and O–H groups in total. The Labute approximate surface area is 184 Å². The molecule has 170 valence electrons. The van der Waals surface area contributed by atoms with Gasteiger partial charge in [0.1, 0.15) is 17.1 Å². The van der Waals surface area contributed by atoms with E-state index in [0.717, 1.165) is 6.07 Å². The van der Waals surface area contributed by atoms with Crippen LogP contribution in [0.4, 0.5) is 13.2 Å². The summed E-state index contributed by atoms with van der Waals surface area (Å²) in [6.07, 6.45) is -3.55. The third-order valence-corrected chi connectivity index (χ3v) is 5.43. The van der Waals surface area contributed by atoms with Crippen molar-refractivity contribution in [1.29, 1.82) is 0 Å². The van der Waals surface area contributed by atoms with Gasteiger partial charge in [0.25, 0.3) is 0 Å². The van der Waals surface area contributed by atoms with E-state index < -0.39 is 12.1 Å². The van der Waals surface area contributed by atoms with Gasteiger partial charge in [-0.05, 0) is 38.0 Å². The van der Waals surface area contributed by atoms with E-state index in [1.165, 1.54) is 12.1 Å². The average Bonchev–Trinajstić information content (AvgIpc) is 3.38. The standard InChI is InChI=1S/C19H17ClF3N5O4/c1-10-14(26-32-25-10)9-16(29)28-6-4-11(5-7-28)18-24-17(27-31-18)12-2-3-13(20)15(8-12)30-19(21,22)23/h2-3,8,11H,4-7,9H2,1H3. The fraction of sp³-hybridized carbons (Fsp3) is 0.421. The summed E-state index contributed by atoms with van der Waals surface area (Å²) >= 11 is 5.78. The van der Waals surface area contributed by atoms with Gasteiger partial charge >= 0.3 is 6.36 Å². The number of aryl methyl sites for hydroxylation is 1. The topological polar surface area (TPSA) is 107 Å². The van der Waals surface area contributed by atoms with E-state index in [0.29, 0.717) is 43.2 Å². The van der Waals surface area contributed by atoms with Crippen LogP contribution in [0.1, 0.15) is 36.0 Å². The van der Waals surface area contributed by atoms with Gasteiger partial charge < -0.3 is 14.2 Å². The first-order chi connectivity index (χ1) is 15.2. The molecule has 0 saturated carbocycles. The summed E-state index contributed by atoms with van der Waals surface area (Å²) in [5, 5.41) is 11.1. The second kappa shape index (κ2) is 8.77. The number of ether oxygens (including phenoxy) is 1. The van der Waals surface area contributed by atoms with Crippen molar-refractivity contribution in [2.45, 2.75) is 38.5 Å². The van der Waals surface area contributed by atoms with E-state index >= 15 is 0 Å². The van der Waals surface area contributed by atoms with Crippen LogP contribution >= 0.6 is 11.6 Å². The van der Waals surface area contributed by atoms with Gasteiger partial charge in [-0.2, -0.15) is 4.98 Å². The van der Waals surface area contributed by atoms with E-state index in [1.807, 2.05) is 0 Å². The van der Waals surface area contributed by atoms with Gasteiger partial charge in [-0.25, -0.2) is 4.63 Å². The molecule has 0 spiro atoms. The summed E-state index contributed by atoms with van der Waals surface area (Å²) in [5.41, 5.74) is 1.36. The Kier molecular flexibility index (Phi) is 6.04. The molecule has 0 atom stereocenters. The fourth-order valence-corrected chi connectivity index (χ4v) is 3.56. The van der Waals surface area contributed by atoms with Gasteiger partial charge in [-0.15, -0.1) is 13.2 Å². The Morgan fingerprint density at radius 2 is 2.00 bits per heavy atom. The third-order valence-electron chi connectivity index (χ3n) is 5.12. The van der Waals surface area contributed by atoms with Crippen molar-refractivity contribution in [3.8, 4) is 17.1 Å². The number of rotatable bonds is 5. The number of likely N-dealkylation sites (tertiary alicyclic amines) is 1. The highest BCUT2D eigenvalue weighted by atomic mass is 35.5. The number of hydrogen-bond acceptors (Lipinski definition) is 8. The number of alkyl halides is 3. The van der Waals surface area contributed by atoms with Crippen LogP contribution in [0.25, 0.3) is 11.4 Å². The van der Waals surface area contributed by atoms with Crippen LogP contribution in [-0.4, -0.2) is 50.7 Å². The van der Waals surface area contributed by atoms with Crippen molar-refractivity contribution in [1.82, 2.24) is 25.4 Å². The van der Waals surface area contributed by atoms with Crippen LogP contribution in [-0.2, 0) is 11.2 Å². The third kappa shape index (κ3) is 5.01. The predicted octanol–water partition coefficient (Wildman–Crippen LogP) is 3.93. The van der Waals surface area contributed by atoms with Crippen LogP contribution in [0.3, 0.4) is 0 Å². The van der Waals surface area contributed by atoms with Gasteiger partial charge in [0.15, 0.2) is 0 Å². The Morgan fingerprint density at radius 1 is 1.25 bits per heavy atom. The predicted molar refractivity (Wildman–Crippen MR) is 103 cm³/mol. The molecule has 1 aromatic carbocycles. The van der Waals surface area contributed by atoms with Gasteiger partial charge in [-0.3, -0.25) is 4.79 Å². The summed E-state index contributed by atoms with van der Waals surface area (Å²) in [6.45, 7) is 2.71. The lowest BCUT2D eigenvalue weighted by atomic mass is 9.96. The van der Waals surface area contributed by atoms with Crippen molar-refractivity contribution < 1.29 is 31.9 Å². The molecular weight excluding hydrogens is 455 g/mol. The summed E-state index contributed by atoms with van der Waals surface area (Å²) in [5.74, 6) is -0.221. The van der Waals surface area contributed by atoms with E-state index in [-0.39, 0.29) is 34.7 Å². The van der Waals surface area contributed by atoms with Crippen molar-refractivity contribution in [3.05, 3.63) is 40.5 Å². The smallest absolute Gasteiger partial charge is 0.404 e. The molecule has 32 heavy (non-hydrogen) atoms. The molecule has 0 aliphatic carbocycles. The SMILES string of the molecule is Cc1nonc1CC(=O)N1CCC(c2nc(-c3ccc(Cl)c(OC(F)(F)F)c3)no2)CC1. The number of halogens is 4. The highest BCUT2D eigenvalue weighted by Gasteiger charge is 2.33. The second-order valence-corrected chi connectivity index (χ2v) is 7.68. The monoisotopic (exact) mass is 471 g/mol. The maximum Gasteiger partial charge on any atom is 0.573 e. The van der Waals surface area contributed by atoms with E-state index in [2.05, 4.69) is 29.8 Å².